The van der Waals surface area contributed by atoms with Crippen molar-refractivity contribution in [2.45, 2.75) is 6.61 Å². The lowest BCUT2D eigenvalue weighted by molar-refractivity contribution is 0.0600. The van der Waals surface area contributed by atoms with Crippen molar-refractivity contribution < 1.29 is 18.7 Å². The van der Waals surface area contributed by atoms with Gasteiger partial charge in [0.2, 0.25) is 5.89 Å². The predicted molar refractivity (Wildman–Crippen MR) is 76.1 cm³/mol. The number of esters is 1. The molecule has 1 heterocycles. The predicted octanol–water partition coefficient (Wildman–Crippen LogP) is 3.19. The third-order valence-electron chi connectivity index (χ3n) is 2.96. The number of para-hydroxylation sites is 2. The Bertz CT molecular complexity index is 746. The summed E-state index contributed by atoms with van der Waals surface area (Å²) in [5, 5.41) is 0. The molecule has 3 aromatic rings. The molecule has 0 bridgehead atoms. The van der Waals surface area contributed by atoms with Crippen molar-refractivity contribution in [1.29, 1.82) is 0 Å². The minimum atomic E-state index is -0.401. The van der Waals surface area contributed by atoms with Crippen LogP contribution in [0.1, 0.15) is 16.2 Å². The van der Waals surface area contributed by atoms with E-state index in [1.54, 1.807) is 24.3 Å². The summed E-state index contributed by atoms with van der Waals surface area (Å²) in [5.41, 5.74) is 1.95. The quantitative estimate of drug-likeness (QED) is 0.688. The smallest absolute Gasteiger partial charge is 0.337 e. The molecule has 0 saturated carbocycles. The van der Waals surface area contributed by atoms with Crippen LogP contribution in [-0.4, -0.2) is 18.1 Å². The molecule has 0 saturated heterocycles. The first kappa shape index (κ1) is 13.2. The maximum atomic E-state index is 11.4. The topological polar surface area (TPSA) is 61.6 Å². The Labute approximate surface area is 121 Å². The van der Waals surface area contributed by atoms with Gasteiger partial charge in [0.05, 0.1) is 12.7 Å². The summed E-state index contributed by atoms with van der Waals surface area (Å²) in [4.78, 5) is 15.8. The average molecular weight is 283 g/mol. The van der Waals surface area contributed by atoms with Gasteiger partial charge in [0.25, 0.3) is 0 Å². The highest BCUT2D eigenvalue weighted by atomic mass is 16.5. The molecule has 0 N–H and O–H groups in total. The molecular formula is C16H13NO4. The number of benzene rings is 2. The second kappa shape index (κ2) is 5.66. The normalized spacial score (nSPS) is 10.5. The Kier molecular flexibility index (Phi) is 3.55. The lowest BCUT2D eigenvalue weighted by atomic mass is 10.2. The maximum absolute atomic E-state index is 11.4. The van der Waals surface area contributed by atoms with Crippen LogP contribution >= 0.6 is 0 Å². The molecule has 0 aliphatic carbocycles. The molecule has 0 aliphatic heterocycles. The molecule has 0 aliphatic rings. The standard InChI is InChI=1S/C16H13NO4/c1-19-16(18)11-5-4-6-12(9-11)20-10-15-17-13-7-2-3-8-14(13)21-15/h2-9H,10H2,1H3. The fourth-order valence-electron chi connectivity index (χ4n) is 1.96. The number of hydrogen-bond donors (Lipinski definition) is 0. The largest absolute Gasteiger partial charge is 0.484 e. The Hall–Kier alpha value is -2.82. The van der Waals surface area contributed by atoms with E-state index in [2.05, 4.69) is 9.72 Å². The van der Waals surface area contributed by atoms with Crippen LogP contribution in [0.2, 0.25) is 0 Å². The highest BCUT2D eigenvalue weighted by Crippen LogP contribution is 2.18. The molecule has 106 valence electrons. The summed E-state index contributed by atoms with van der Waals surface area (Å²) < 4.78 is 15.8. The molecular weight excluding hydrogens is 270 g/mol. The van der Waals surface area contributed by atoms with Crippen LogP contribution in [0.25, 0.3) is 11.1 Å². The Morgan fingerprint density at radius 1 is 1.19 bits per heavy atom. The van der Waals surface area contributed by atoms with Gasteiger partial charge in [0.15, 0.2) is 12.2 Å². The van der Waals surface area contributed by atoms with E-state index in [1.807, 2.05) is 24.3 Å². The fourth-order valence-corrected chi connectivity index (χ4v) is 1.96. The third kappa shape index (κ3) is 2.86. The van der Waals surface area contributed by atoms with E-state index < -0.39 is 5.97 Å². The van der Waals surface area contributed by atoms with E-state index >= 15 is 0 Å². The van der Waals surface area contributed by atoms with Gasteiger partial charge >= 0.3 is 5.97 Å². The number of carbonyl (C=O) groups excluding carboxylic acids is 1. The molecule has 0 fully saturated rings. The number of carbonyl (C=O) groups is 1. The second-order valence-electron chi connectivity index (χ2n) is 4.38. The summed E-state index contributed by atoms with van der Waals surface area (Å²) in [6.07, 6.45) is 0. The van der Waals surface area contributed by atoms with Crippen LogP contribution in [-0.2, 0) is 11.3 Å². The van der Waals surface area contributed by atoms with Gasteiger partial charge in [0.1, 0.15) is 11.3 Å². The zero-order valence-corrected chi connectivity index (χ0v) is 11.4. The van der Waals surface area contributed by atoms with Crippen molar-refractivity contribution in [1.82, 2.24) is 4.98 Å². The number of ether oxygens (including phenoxy) is 2. The van der Waals surface area contributed by atoms with Gasteiger partial charge < -0.3 is 13.9 Å². The number of nitrogens with zero attached hydrogens (tertiary/aromatic N) is 1. The molecule has 0 unspecified atom stereocenters. The van der Waals surface area contributed by atoms with Crippen molar-refractivity contribution in [3.63, 3.8) is 0 Å². The van der Waals surface area contributed by atoms with E-state index in [0.717, 1.165) is 11.1 Å². The molecule has 21 heavy (non-hydrogen) atoms. The summed E-state index contributed by atoms with van der Waals surface area (Å²) >= 11 is 0. The fraction of sp³-hybridized carbons (Fsp3) is 0.125. The van der Waals surface area contributed by atoms with Gasteiger partial charge in [-0.3, -0.25) is 0 Å². The number of rotatable bonds is 4. The van der Waals surface area contributed by atoms with Gasteiger partial charge in [-0.05, 0) is 30.3 Å². The first-order valence-corrected chi connectivity index (χ1v) is 6.42. The molecule has 0 spiro atoms. The molecule has 0 amide bonds. The van der Waals surface area contributed by atoms with Crippen molar-refractivity contribution >= 4 is 17.1 Å². The van der Waals surface area contributed by atoms with Crippen molar-refractivity contribution in [2.24, 2.45) is 0 Å². The van der Waals surface area contributed by atoms with Crippen LogP contribution in [0.5, 0.6) is 5.75 Å². The number of methoxy groups -OCH3 is 1. The SMILES string of the molecule is COC(=O)c1cccc(OCc2nc3ccccc3o2)c1. The summed E-state index contributed by atoms with van der Waals surface area (Å²) in [5.74, 6) is 0.641. The van der Waals surface area contributed by atoms with Crippen molar-refractivity contribution in [3.05, 3.63) is 60.0 Å². The molecule has 0 radical (unpaired) electrons. The molecule has 2 aromatic carbocycles. The van der Waals surface area contributed by atoms with Crippen LogP contribution in [0, 0.1) is 0 Å². The van der Waals surface area contributed by atoms with Gasteiger partial charge in [0, 0.05) is 0 Å². The zero-order valence-electron chi connectivity index (χ0n) is 11.4. The average Bonchev–Trinajstić information content (AvgIpc) is 2.95. The highest BCUT2D eigenvalue weighted by molar-refractivity contribution is 5.89. The lowest BCUT2D eigenvalue weighted by Crippen LogP contribution is -2.02. The summed E-state index contributed by atoms with van der Waals surface area (Å²) in [6.45, 7) is 0.194. The Morgan fingerprint density at radius 2 is 2.05 bits per heavy atom. The number of aromatic nitrogens is 1. The van der Waals surface area contributed by atoms with E-state index in [-0.39, 0.29) is 6.61 Å². The van der Waals surface area contributed by atoms with Gasteiger partial charge in [-0.25, -0.2) is 9.78 Å². The first-order chi connectivity index (χ1) is 10.3. The van der Waals surface area contributed by atoms with Crippen LogP contribution in [0.3, 0.4) is 0 Å². The van der Waals surface area contributed by atoms with Crippen LogP contribution in [0.15, 0.2) is 52.9 Å². The van der Waals surface area contributed by atoms with Gasteiger partial charge in [-0.2, -0.15) is 0 Å². The first-order valence-electron chi connectivity index (χ1n) is 6.42. The molecule has 1 aromatic heterocycles. The lowest BCUT2D eigenvalue weighted by Gasteiger charge is -2.05. The Balaban J connectivity index is 1.73. The molecule has 0 atom stereocenters. The minimum Gasteiger partial charge on any atom is -0.484 e. The van der Waals surface area contributed by atoms with E-state index in [9.17, 15) is 4.79 Å². The number of oxazole rings is 1. The second-order valence-corrected chi connectivity index (χ2v) is 4.38. The number of hydrogen-bond acceptors (Lipinski definition) is 5. The van der Waals surface area contributed by atoms with Crippen LogP contribution in [0.4, 0.5) is 0 Å². The summed E-state index contributed by atoms with van der Waals surface area (Å²) in [7, 11) is 1.34. The third-order valence-corrected chi connectivity index (χ3v) is 2.96. The maximum Gasteiger partial charge on any atom is 0.337 e. The minimum absolute atomic E-state index is 0.194. The van der Waals surface area contributed by atoms with Crippen molar-refractivity contribution in [2.75, 3.05) is 7.11 Å². The van der Waals surface area contributed by atoms with Crippen LogP contribution < -0.4 is 4.74 Å². The number of fused-ring (bicyclic) bond motifs is 1. The molecule has 3 rings (SSSR count). The van der Waals surface area contributed by atoms with Gasteiger partial charge in [-0.15, -0.1) is 0 Å². The molecule has 5 heteroatoms. The van der Waals surface area contributed by atoms with Gasteiger partial charge in [-0.1, -0.05) is 18.2 Å². The van der Waals surface area contributed by atoms with Crippen molar-refractivity contribution in [3.8, 4) is 5.75 Å². The van der Waals surface area contributed by atoms with E-state index in [4.69, 9.17) is 9.15 Å². The monoisotopic (exact) mass is 283 g/mol. The zero-order chi connectivity index (χ0) is 14.7. The molecule has 5 nitrogen and oxygen atoms in total. The van der Waals surface area contributed by atoms with E-state index in [1.165, 1.54) is 7.11 Å². The summed E-state index contributed by atoms with van der Waals surface area (Å²) in [6, 6.07) is 14.3. The Morgan fingerprint density at radius 3 is 2.86 bits per heavy atom. The highest BCUT2D eigenvalue weighted by Gasteiger charge is 2.08. The van der Waals surface area contributed by atoms with E-state index in [0.29, 0.717) is 17.2 Å².